The number of aliphatic carboxylic acids is 1. The fraction of sp³-hybridized carbons (Fsp3) is 0.708. The van der Waals surface area contributed by atoms with E-state index in [0.717, 1.165) is 51.4 Å². The molecule has 0 saturated carbocycles. The van der Waals surface area contributed by atoms with Crippen molar-refractivity contribution in [2.45, 2.75) is 105 Å². The predicted molar refractivity (Wildman–Crippen MR) is 115 cm³/mol. The minimum atomic E-state index is -0.836. The van der Waals surface area contributed by atoms with E-state index in [2.05, 4.69) is 52.8 Å². The highest BCUT2D eigenvalue weighted by Crippen LogP contribution is 2.33. The number of hydrogen-bond acceptors (Lipinski definition) is 3. The Morgan fingerprint density at radius 2 is 1.64 bits per heavy atom. The van der Waals surface area contributed by atoms with Crippen LogP contribution in [0.1, 0.15) is 92.9 Å². The molecule has 0 aromatic carbocycles. The van der Waals surface area contributed by atoms with Crippen LogP contribution in [0, 0.1) is 5.92 Å². The van der Waals surface area contributed by atoms with Gasteiger partial charge in [0.15, 0.2) is 0 Å². The van der Waals surface area contributed by atoms with Crippen molar-refractivity contribution in [3.8, 4) is 0 Å². The SMILES string of the molecule is CC(C)=CCCC(C)=CCCC(C)=CCCC1(C)CCC(C(C)C(=O)O)OO1. The van der Waals surface area contributed by atoms with Crippen LogP contribution in [-0.4, -0.2) is 22.8 Å². The van der Waals surface area contributed by atoms with Crippen LogP contribution in [-0.2, 0) is 14.6 Å². The summed E-state index contributed by atoms with van der Waals surface area (Å²) in [5.74, 6) is -1.37. The maximum Gasteiger partial charge on any atom is 0.308 e. The Hall–Kier alpha value is -1.39. The molecule has 28 heavy (non-hydrogen) atoms. The monoisotopic (exact) mass is 392 g/mol. The van der Waals surface area contributed by atoms with Crippen LogP contribution in [0.4, 0.5) is 0 Å². The number of rotatable bonds is 11. The minimum absolute atomic E-state index is 0.326. The van der Waals surface area contributed by atoms with E-state index in [-0.39, 0.29) is 11.7 Å². The number of allylic oxidation sites excluding steroid dienone is 6. The Balaban J connectivity index is 2.30. The molecule has 1 rings (SSSR count). The number of carbonyl (C=O) groups is 1. The molecular formula is C24H40O4. The fourth-order valence-corrected chi connectivity index (χ4v) is 3.34. The molecule has 1 aliphatic heterocycles. The second-order valence-corrected chi connectivity index (χ2v) is 8.83. The average molecular weight is 393 g/mol. The molecule has 4 nitrogen and oxygen atoms in total. The third-order valence-corrected chi connectivity index (χ3v) is 5.57. The molecule has 1 N–H and O–H groups in total. The minimum Gasteiger partial charge on any atom is -0.481 e. The standard InChI is InChI=1S/C24H40O4/c1-18(2)10-7-11-19(3)12-8-13-20(4)14-9-16-24(6)17-15-22(27-28-24)21(5)23(25)26/h10,12,14,21-22H,7-9,11,13,15-17H2,1-6H3,(H,25,26). The summed E-state index contributed by atoms with van der Waals surface area (Å²) in [6.45, 7) is 12.4. The molecule has 0 aliphatic carbocycles. The molecule has 160 valence electrons. The van der Waals surface area contributed by atoms with Crippen LogP contribution >= 0.6 is 0 Å². The molecule has 4 heteroatoms. The van der Waals surface area contributed by atoms with E-state index in [1.54, 1.807) is 6.92 Å². The first kappa shape index (κ1) is 24.6. The van der Waals surface area contributed by atoms with E-state index in [4.69, 9.17) is 14.9 Å². The zero-order valence-electron chi connectivity index (χ0n) is 18.7. The van der Waals surface area contributed by atoms with Gasteiger partial charge in [-0.05, 0) is 92.9 Å². The molecule has 1 heterocycles. The molecule has 0 spiro atoms. The van der Waals surface area contributed by atoms with Crippen LogP contribution in [0.2, 0.25) is 0 Å². The molecular weight excluding hydrogens is 352 g/mol. The number of carboxylic acid groups (broad SMARTS) is 1. The van der Waals surface area contributed by atoms with Crippen molar-refractivity contribution in [1.29, 1.82) is 0 Å². The molecule has 1 aliphatic rings. The van der Waals surface area contributed by atoms with Gasteiger partial charge in [0.2, 0.25) is 0 Å². The lowest BCUT2D eigenvalue weighted by molar-refractivity contribution is -0.411. The van der Waals surface area contributed by atoms with E-state index in [1.165, 1.54) is 16.7 Å². The number of hydrogen-bond donors (Lipinski definition) is 1. The third kappa shape index (κ3) is 9.70. The van der Waals surface area contributed by atoms with Crippen molar-refractivity contribution < 1.29 is 19.7 Å². The first-order chi connectivity index (χ1) is 13.1. The van der Waals surface area contributed by atoms with Gasteiger partial charge in [-0.2, -0.15) is 0 Å². The van der Waals surface area contributed by atoms with Gasteiger partial charge >= 0.3 is 5.97 Å². The van der Waals surface area contributed by atoms with Gasteiger partial charge in [-0.15, -0.1) is 0 Å². The smallest absolute Gasteiger partial charge is 0.308 e. The Morgan fingerprint density at radius 1 is 1.07 bits per heavy atom. The van der Waals surface area contributed by atoms with Gasteiger partial charge in [-0.1, -0.05) is 34.9 Å². The van der Waals surface area contributed by atoms with Crippen molar-refractivity contribution in [3.63, 3.8) is 0 Å². The quantitative estimate of drug-likeness (QED) is 0.311. The maximum absolute atomic E-state index is 11.1. The van der Waals surface area contributed by atoms with E-state index < -0.39 is 11.9 Å². The third-order valence-electron chi connectivity index (χ3n) is 5.57. The fourth-order valence-electron chi connectivity index (χ4n) is 3.34. The zero-order chi connectivity index (χ0) is 21.2. The average Bonchev–Trinajstić information content (AvgIpc) is 2.61. The highest BCUT2D eigenvalue weighted by Gasteiger charge is 2.37. The molecule has 0 radical (unpaired) electrons. The molecule has 1 fully saturated rings. The van der Waals surface area contributed by atoms with Gasteiger partial charge in [0.05, 0.1) is 5.92 Å². The first-order valence-electron chi connectivity index (χ1n) is 10.6. The maximum atomic E-state index is 11.1. The lowest BCUT2D eigenvalue weighted by Crippen LogP contribution is -2.41. The van der Waals surface area contributed by atoms with Crippen molar-refractivity contribution in [1.82, 2.24) is 0 Å². The van der Waals surface area contributed by atoms with Gasteiger partial charge in [-0.3, -0.25) is 4.79 Å². The summed E-state index contributed by atoms with van der Waals surface area (Å²) in [5, 5.41) is 9.09. The summed E-state index contributed by atoms with van der Waals surface area (Å²) in [6, 6.07) is 0. The summed E-state index contributed by atoms with van der Waals surface area (Å²) in [4.78, 5) is 22.1. The summed E-state index contributed by atoms with van der Waals surface area (Å²) in [5.41, 5.74) is 3.94. The summed E-state index contributed by atoms with van der Waals surface area (Å²) in [6.07, 6.45) is 14.5. The normalized spacial score (nSPS) is 24.7. The van der Waals surface area contributed by atoms with Gasteiger partial charge in [0, 0.05) is 0 Å². The van der Waals surface area contributed by atoms with E-state index in [0.29, 0.717) is 0 Å². The van der Waals surface area contributed by atoms with Gasteiger partial charge in [0.1, 0.15) is 11.7 Å². The van der Waals surface area contributed by atoms with Crippen LogP contribution in [0.5, 0.6) is 0 Å². The van der Waals surface area contributed by atoms with Gasteiger partial charge in [0.25, 0.3) is 0 Å². The van der Waals surface area contributed by atoms with Crippen LogP contribution in [0.3, 0.4) is 0 Å². The predicted octanol–water partition coefficient (Wildman–Crippen LogP) is 6.78. The topological polar surface area (TPSA) is 55.8 Å². The van der Waals surface area contributed by atoms with Crippen molar-refractivity contribution in [2.75, 3.05) is 0 Å². The first-order valence-corrected chi connectivity index (χ1v) is 10.6. The molecule has 0 aromatic heterocycles. The van der Waals surface area contributed by atoms with Crippen molar-refractivity contribution in [2.24, 2.45) is 5.92 Å². The largest absolute Gasteiger partial charge is 0.481 e. The Morgan fingerprint density at radius 3 is 2.14 bits per heavy atom. The van der Waals surface area contributed by atoms with Crippen LogP contribution < -0.4 is 0 Å². The molecule has 3 atom stereocenters. The molecule has 0 amide bonds. The van der Waals surface area contributed by atoms with Crippen molar-refractivity contribution in [3.05, 3.63) is 34.9 Å². The van der Waals surface area contributed by atoms with Crippen LogP contribution in [0.25, 0.3) is 0 Å². The lowest BCUT2D eigenvalue weighted by Gasteiger charge is -2.37. The number of carboxylic acids is 1. The van der Waals surface area contributed by atoms with E-state index in [9.17, 15) is 4.79 Å². The molecule has 1 saturated heterocycles. The van der Waals surface area contributed by atoms with E-state index in [1.807, 2.05) is 0 Å². The Labute approximate surface area is 171 Å². The Kier molecular flexibility index (Phi) is 10.8. The van der Waals surface area contributed by atoms with Gasteiger partial charge < -0.3 is 5.11 Å². The van der Waals surface area contributed by atoms with Crippen LogP contribution in [0.15, 0.2) is 34.9 Å². The van der Waals surface area contributed by atoms with Crippen molar-refractivity contribution >= 4 is 5.97 Å². The van der Waals surface area contributed by atoms with E-state index >= 15 is 0 Å². The highest BCUT2D eigenvalue weighted by molar-refractivity contribution is 5.70. The second-order valence-electron chi connectivity index (χ2n) is 8.83. The Bertz CT molecular complexity index is 573. The summed E-state index contributed by atoms with van der Waals surface area (Å²) in [7, 11) is 0. The lowest BCUT2D eigenvalue weighted by atomic mass is 9.88. The molecule has 3 unspecified atom stereocenters. The highest BCUT2D eigenvalue weighted by atomic mass is 17.2. The molecule has 0 aromatic rings. The summed E-state index contributed by atoms with van der Waals surface area (Å²) >= 11 is 0. The second kappa shape index (κ2) is 12.2. The molecule has 0 bridgehead atoms. The zero-order valence-corrected chi connectivity index (χ0v) is 18.7. The summed E-state index contributed by atoms with van der Waals surface area (Å²) < 4.78 is 0. The van der Waals surface area contributed by atoms with Gasteiger partial charge in [-0.25, -0.2) is 9.78 Å².